The van der Waals surface area contributed by atoms with E-state index in [1.54, 1.807) is 12.4 Å². The Morgan fingerprint density at radius 2 is 2.12 bits per heavy atom. The molecule has 0 atom stereocenters. The minimum absolute atomic E-state index is 0.334. The number of nitrogens with zero attached hydrogens (tertiary/aromatic N) is 3. The van der Waals surface area contributed by atoms with Gasteiger partial charge in [-0.2, -0.15) is 5.26 Å². The van der Waals surface area contributed by atoms with Gasteiger partial charge in [-0.25, -0.2) is 4.98 Å². The van der Waals surface area contributed by atoms with Crippen LogP contribution in [0.2, 0.25) is 0 Å². The van der Waals surface area contributed by atoms with E-state index in [0.717, 1.165) is 11.6 Å². The molecule has 2 rings (SSSR count). The van der Waals surface area contributed by atoms with Crippen molar-refractivity contribution in [2.75, 3.05) is 6.61 Å². The molecule has 0 saturated heterocycles. The Morgan fingerprint density at radius 3 is 2.88 bits per heavy atom. The van der Waals surface area contributed by atoms with Crippen molar-refractivity contribution >= 4 is 0 Å². The maximum Gasteiger partial charge on any atom is 0.119 e. The van der Waals surface area contributed by atoms with Crippen LogP contribution in [0.5, 0.6) is 5.75 Å². The van der Waals surface area contributed by atoms with Gasteiger partial charge in [0.2, 0.25) is 0 Å². The number of aromatic nitrogens is 2. The van der Waals surface area contributed by atoms with Crippen LogP contribution in [0, 0.1) is 11.3 Å². The molecule has 0 radical (unpaired) electrons. The van der Waals surface area contributed by atoms with Gasteiger partial charge < -0.3 is 9.30 Å². The fraction of sp³-hybridized carbons (Fsp3) is 0.231. The van der Waals surface area contributed by atoms with Crippen LogP contribution in [0.4, 0.5) is 0 Å². The third-order valence-corrected chi connectivity index (χ3v) is 2.38. The van der Waals surface area contributed by atoms with E-state index in [4.69, 9.17) is 10.00 Å². The summed E-state index contributed by atoms with van der Waals surface area (Å²) in [4.78, 5) is 4.20. The molecule has 4 nitrogen and oxygen atoms in total. The van der Waals surface area contributed by atoms with Gasteiger partial charge in [-0.05, 0) is 12.1 Å². The van der Waals surface area contributed by atoms with E-state index in [1.165, 1.54) is 0 Å². The first-order valence-corrected chi connectivity index (χ1v) is 5.45. The fourth-order valence-corrected chi connectivity index (χ4v) is 1.57. The van der Waals surface area contributed by atoms with Gasteiger partial charge in [-0.1, -0.05) is 18.2 Å². The lowest BCUT2D eigenvalue weighted by Crippen LogP contribution is -2.08. The maximum atomic E-state index is 8.64. The molecule has 1 heterocycles. The molecule has 0 aliphatic rings. The highest BCUT2D eigenvalue weighted by Crippen LogP contribution is 2.08. The van der Waals surface area contributed by atoms with Crippen LogP contribution in [0.25, 0.3) is 0 Å². The van der Waals surface area contributed by atoms with E-state index in [-0.39, 0.29) is 0 Å². The molecular formula is C13H13N3O. The lowest BCUT2D eigenvalue weighted by atomic mass is 10.3. The molecule has 1 aromatic heterocycles. The second-order valence-electron chi connectivity index (χ2n) is 3.54. The maximum absolute atomic E-state index is 8.64. The largest absolute Gasteiger partial charge is 0.493 e. The molecule has 0 saturated carbocycles. The molecule has 2 aromatic rings. The van der Waals surface area contributed by atoms with E-state index in [2.05, 4.69) is 11.1 Å². The molecule has 0 bridgehead atoms. The lowest BCUT2D eigenvalue weighted by molar-refractivity contribution is 0.317. The summed E-state index contributed by atoms with van der Waals surface area (Å²) in [6, 6.07) is 11.8. The minimum atomic E-state index is 0.334. The molecule has 0 amide bonds. The van der Waals surface area contributed by atoms with Crippen LogP contribution < -0.4 is 4.74 Å². The predicted octanol–water partition coefficient (Wildman–Crippen LogP) is 2.03. The monoisotopic (exact) mass is 227 g/mol. The molecule has 0 aliphatic carbocycles. The van der Waals surface area contributed by atoms with Gasteiger partial charge in [0.1, 0.15) is 18.1 Å². The summed E-state index contributed by atoms with van der Waals surface area (Å²) in [5.41, 5.74) is 0. The van der Waals surface area contributed by atoms with Crippen molar-refractivity contribution in [1.82, 2.24) is 9.55 Å². The first-order chi connectivity index (χ1) is 8.40. The third kappa shape index (κ3) is 3.08. The Labute approximate surface area is 100 Å². The van der Waals surface area contributed by atoms with E-state index in [0.29, 0.717) is 19.6 Å². The third-order valence-electron chi connectivity index (χ3n) is 2.38. The Balaban J connectivity index is 1.86. The number of rotatable bonds is 5. The summed E-state index contributed by atoms with van der Waals surface area (Å²) in [7, 11) is 0. The van der Waals surface area contributed by atoms with Gasteiger partial charge in [0.25, 0.3) is 0 Å². The summed E-state index contributed by atoms with van der Waals surface area (Å²) in [6.07, 6.45) is 4.21. The molecule has 4 heteroatoms. The second kappa shape index (κ2) is 5.71. The Hall–Kier alpha value is -2.28. The van der Waals surface area contributed by atoms with Gasteiger partial charge in [0, 0.05) is 18.8 Å². The Bertz CT molecular complexity index is 499. The van der Waals surface area contributed by atoms with E-state index in [1.807, 2.05) is 34.9 Å². The first kappa shape index (κ1) is 11.2. The number of hydrogen-bond donors (Lipinski definition) is 0. The number of benzene rings is 1. The van der Waals surface area contributed by atoms with Crippen LogP contribution in [0.1, 0.15) is 5.82 Å². The molecule has 1 aromatic carbocycles. The van der Waals surface area contributed by atoms with Crippen molar-refractivity contribution in [3.8, 4) is 11.8 Å². The van der Waals surface area contributed by atoms with Crippen molar-refractivity contribution in [1.29, 1.82) is 5.26 Å². The molecular weight excluding hydrogens is 214 g/mol. The summed E-state index contributed by atoms with van der Waals surface area (Å²) >= 11 is 0. The van der Waals surface area contributed by atoms with Crippen molar-refractivity contribution in [3.63, 3.8) is 0 Å². The standard InChI is InChI=1S/C13H13N3O/c14-7-9-16-10-8-15-13(16)6-11-17-12-4-2-1-3-5-12/h1-5,8,10H,6,9,11H2. The highest BCUT2D eigenvalue weighted by atomic mass is 16.5. The molecule has 0 fully saturated rings. The summed E-state index contributed by atoms with van der Waals surface area (Å²) in [5, 5.41) is 8.64. The number of ether oxygens (including phenoxy) is 1. The summed E-state index contributed by atoms with van der Waals surface area (Å²) in [5.74, 6) is 1.73. The lowest BCUT2D eigenvalue weighted by Gasteiger charge is -2.06. The van der Waals surface area contributed by atoms with Crippen LogP contribution in [0.15, 0.2) is 42.7 Å². The summed E-state index contributed by atoms with van der Waals surface area (Å²) < 4.78 is 7.40. The van der Waals surface area contributed by atoms with Crippen molar-refractivity contribution in [2.45, 2.75) is 13.0 Å². The molecule has 0 aliphatic heterocycles. The zero-order chi connectivity index (χ0) is 11.9. The number of imidazole rings is 1. The average molecular weight is 227 g/mol. The summed E-state index contributed by atoms with van der Waals surface area (Å²) in [6.45, 7) is 0.896. The molecule has 86 valence electrons. The number of nitriles is 1. The average Bonchev–Trinajstić information content (AvgIpc) is 2.79. The normalized spacial score (nSPS) is 9.82. The van der Waals surface area contributed by atoms with Crippen molar-refractivity contribution in [2.24, 2.45) is 0 Å². The van der Waals surface area contributed by atoms with Crippen molar-refractivity contribution < 1.29 is 4.74 Å². The van der Waals surface area contributed by atoms with Gasteiger partial charge >= 0.3 is 0 Å². The molecule has 0 unspecified atom stereocenters. The topological polar surface area (TPSA) is 50.8 Å². The molecule has 17 heavy (non-hydrogen) atoms. The van der Waals surface area contributed by atoms with Gasteiger partial charge in [-0.15, -0.1) is 0 Å². The van der Waals surface area contributed by atoms with Gasteiger partial charge in [0.05, 0.1) is 12.7 Å². The second-order valence-corrected chi connectivity index (χ2v) is 3.54. The predicted molar refractivity (Wildman–Crippen MR) is 63.5 cm³/mol. The highest BCUT2D eigenvalue weighted by molar-refractivity contribution is 5.20. The zero-order valence-electron chi connectivity index (χ0n) is 9.41. The van der Waals surface area contributed by atoms with Crippen LogP contribution in [-0.4, -0.2) is 16.2 Å². The molecule has 0 spiro atoms. The SMILES string of the molecule is N#CCn1ccnc1CCOc1ccccc1. The number of hydrogen-bond acceptors (Lipinski definition) is 3. The van der Waals surface area contributed by atoms with Gasteiger partial charge in [-0.3, -0.25) is 0 Å². The van der Waals surface area contributed by atoms with Crippen LogP contribution in [0.3, 0.4) is 0 Å². The smallest absolute Gasteiger partial charge is 0.119 e. The van der Waals surface area contributed by atoms with E-state index < -0.39 is 0 Å². The van der Waals surface area contributed by atoms with Crippen LogP contribution in [-0.2, 0) is 13.0 Å². The fourth-order valence-electron chi connectivity index (χ4n) is 1.57. The van der Waals surface area contributed by atoms with E-state index in [9.17, 15) is 0 Å². The van der Waals surface area contributed by atoms with Gasteiger partial charge in [0.15, 0.2) is 0 Å². The van der Waals surface area contributed by atoms with Crippen LogP contribution >= 0.6 is 0 Å². The highest BCUT2D eigenvalue weighted by Gasteiger charge is 2.02. The van der Waals surface area contributed by atoms with Crippen molar-refractivity contribution in [3.05, 3.63) is 48.5 Å². The zero-order valence-corrected chi connectivity index (χ0v) is 9.41. The Kier molecular flexibility index (Phi) is 3.77. The number of para-hydroxylation sites is 1. The quantitative estimate of drug-likeness (QED) is 0.785. The minimum Gasteiger partial charge on any atom is -0.493 e. The first-order valence-electron chi connectivity index (χ1n) is 5.45. The molecule has 0 N–H and O–H groups in total. The van der Waals surface area contributed by atoms with E-state index >= 15 is 0 Å². The Morgan fingerprint density at radius 1 is 1.29 bits per heavy atom.